The van der Waals surface area contributed by atoms with Crippen molar-refractivity contribution in [2.45, 2.75) is 19.4 Å². The number of carboxylic acid groups (broad SMARTS) is 1. The second-order valence-electron chi connectivity index (χ2n) is 6.38. The lowest BCUT2D eigenvalue weighted by Crippen LogP contribution is -2.30. The lowest BCUT2D eigenvalue weighted by molar-refractivity contribution is -0.137. The molecule has 0 saturated heterocycles. The van der Waals surface area contributed by atoms with Crippen molar-refractivity contribution in [2.24, 2.45) is 0 Å². The number of carbonyl (C=O) groups excluding carboxylic acids is 1. The van der Waals surface area contributed by atoms with Crippen LogP contribution in [0.2, 0.25) is 0 Å². The average molecular weight is 433 g/mol. The Labute approximate surface area is 180 Å². The van der Waals surface area contributed by atoms with Crippen LogP contribution in [0.25, 0.3) is 0 Å². The maximum atomic E-state index is 13.0. The first-order valence-electron chi connectivity index (χ1n) is 9.51. The van der Waals surface area contributed by atoms with E-state index in [9.17, 15) is 14.7 Å². The third kappa shape index (κ3) is 5.71. The predicted octanol–water partition coefficient (Wildman–Crippen LogP) is 3.07. The molecule has 0 saturated carbocycles. The summed E-state index contributed by atoms with van der Waals surface area (Å²) in [6, 6.07) is 7.19. The topological polar surface area (TPSA) is 113 Å². The third-order valence-electron chi connectivity index (χ3n) is 4.50. The fourth-order valence-electron chi connectivity index (χ4n) is 3.06. The largest absolute Gasteiger partial charge is 0.493 e. The van der Waals surface area contributed by atoms with E-state index < -0.39 is 17.9 Å². The molecule has 0 bridgehead atoms. The minimum absolute atomic E-state index is 0.225. The van der Waals surface area contributed by atoms with Gasteiger partial charge in [-0.05, 0) is 36.8 Å². The van der Waals surface area contributed by atoms with Crippen molar-refractivity contribution >= 4 is 11.9 Å². The van der Waals surface area contributed by atoms with Crippen LogP contribution >= 0.6 is 0 Å². The maximum Gasteiger partial charge on any atom is 0.305 e. The van der Waals surface area contributed by atoms with Crippen LogP contribution in [0.5, 0.6) is 28.7 Å². The molecule has 2 aromatic rings. The molecule has 2 rings (SSSR count). The molecule has 0 heterocycles. The smallest absolute Gasteiger partial charge is 0.305 e. The summed E-state index contributed by atoms with van der Waals surface area (Å²) in [6.07, 6.45) is -0.326. The van der Waals surface area contributed by atoms with Crippen molar-refractivity contribution < 1.29 is 38.4 Å². The molecule has 31 heavy (non-hydrogen) atoms. The van der Waals surface area contributed by atoms with Gasteiger partial charge in [-0.3, -0.25) is 9.59 Å². The van der Waals surface area contributed by atoms with Gasteiger partial charge in [0, 0.05) is 5.56 Å². The van der Waals surface area contributed by atoms with Crippen LogP contribution in [0.4, 0.5) is 0 Å². The van der Waals surface area contributed by atoms with Crippen molar-refractivity contribution in [1.82, 2.24) is 5.32 Å². The first kappa shape index (κ1) is 23.7. The monoisotopic (exact) mass is 433 g/mol. The van der Waals surface area contributed by atoms with Crippen LogP contribution in [-0.2, 0) is 4.79 Å². The molecular weight excluding hydrogens is 406 g/mol. The molecule has 0 fully saturated rings. The van der Waals surface area contributed by atoms with Gasteiger partial charge in [0.05, 0.1) is 47.5 Å². The number of methoxy groups -OCH3 is 4. The number of amides is 1. The van der Waals surface area contributed by atoms with Gasteiger partial charge in [0.1, 0.15) is 0 Å². The summed E-state index contributed by atoms with van der Waals surface area (Å²) in [7, 11) is 5.83. The van der Waals surface area contributed by atoms with Crippen molar-refractivity contribution in [2.75, 3.05) is 35.0 Å². The molecule has 9 heteroatoms. The van der Waals surface area contributed by atoms with Crippen molar-refractivity contribution in [3.8, 4) is 28.7 Å². The molecule has 0 radical (unpaired) electrons. The Kier molecular flexibility index (Phi) is 8.36. The molecule has 2 aromatic carbocycles. The van der Waals surface area contributed by atoms with E-state index in [1.165, 1.54) is 40.6 Å². The summed E-state index contributed by atoms with van der Waals surface area (Å²) in [5, 5.41) is 12.1. The number of aliphatic carboxylic acids is 1. The van der Waals surface area contributed by atoms with Crippen LogP contribution in [0.3, 0.4) is 0 Å². The first-order valence-corrected chi connectivity index (χ1v) is 9.51. The van der Waals surface area contributed by atoms with Crippen LogP contribution < -0.4 is 29.0 Å². The Morgan fingerprint density at radius 2 is 1.52 bits per heavy atom. The Morgan fingerprint density at radius 1 is 0.903 bits per heavy atom. The van der Waals surface area contributed by atoms with Crippen LogP contribution in [0.15, 0.2) is 30.3 Å². The zero-order chi connectivity index (χ0) is 23.0. The number of benzene rings is 2. The Morgan fingerprint density at radius 3 is 2.00 bits per heavy atom. The minimum atomic E-state index is -1.07. The van der Waals surface area contributed by atoms with Gasteiger partial charge in [-0.15, -0.1) is 0 Å². The fraction of sp³-hybridized carbons (Fsp3) is 0.364. The van der Waals surface area contributed by atoms with Crippen molar-refractivity contribution in [3.05, 3.63) is 41.5 Å². The van der Waals surface area contributed by atoms with Gasteiger partial charge in [0.2, 0.25) is 5.75 Å². The van der Waals surface area contributed by atoms with Gasteiger partial charge in [-0.1, -0.05) is 6.07 Å². The average Bonchev–Trinajstić information content (AvgIpc) is 2.77. The van der Waals surface area contributed by atoms with Gasteiger partial charge in [0.25, 0.3) is 5.91 Å². The quantitative estimate of drug-likeness (QED) is 0.556. The van der Waals surface area contributed by atoms with Gasteiger partial charge in [0.15, 0.2) is 23.0 Å². The van der Waals surface area contributed by atoms with Crippen LogP contribution in [-0.4, -0.2) is 52.0 Å². The summed E-state index contributed by atoms with van der Waals surface area (Å²) in [4.78, 5) is 24.4. The molecule has 0 aromatic heterocycles. The summed E-state index contributed by atoms with van der Waals surface area (Å²) < 4.78 is 26.7. The number of carbonyl (C=O) groups is 2. The summed E-state index contributed by atoms with van der Waals surface area (Å²) in [6.45, 7) is 2.30. The second kappa shape index (κ2) is 11.0. The SMILES string of the molecule is CCOc1ccc([C@@H](CC(=O)O)NC(=O)c2cc(OC)c(OC)c(OC)c2)cc1OC. The van der Waals surface area contributed by atoms with E-state index >= 15 is 0 Å². The van der Waals surface area contributed by atoms with Gasteiger partial charge in [-0.2, -0.15) is 0 Å². The van der Waals surface area contributed by atoms with Gasteiger partial charge in [-0.25, -0.2) is 0 Å². The lowest BCUT2D eigenvalue weighted by Gasteiger charge is -2.20. The standard InChI is InChI=1S/C22H27NO8/c1-6-31-16-8-7-13(9-17(16)27-2)15(12-20(24)25)23-22(26)14-10-18(28-3)21(30-5)19(11-14)29-4/h7-11,15H,6,12H2,1-5H3,(H,23,26)(H,24,25)/t15-/m1/s1. The first-order chi connectivity index (χ1) is 14.9. The van der Waals surface area contributed by atoms with Crippen molar-refractivity contribution in [1.29, 1.82) is 0 Å². The fourth-order valence-corrected chi connectivity index (χ4v) is 3.06. The predicted molar refractivity (Wildman–Crippen MR) is 113 cm³/mol. The number of hydrogen-bond donors (Lipinski definition) is 2. The molecule has 9 nitrogen and oxygen atoms in total. The molecular formula is C22H27NO8. The highest BCUT2D eigenvalue weighted by Gasteiger charge is 2.23. The second-order valence-corrected chi connectivity index (χ2v) is 6.38. The zero-order valence-electron chi connectivity index (χ0n) is 18.2. The minimum Gasteiger partial charge on any atom is -0.493 e. The molecule has 1 atom stereocenters. The number of hydrogen-bond acceptors (Lipinski definition) is 7. The molecule has 0 aliphatic heterocycles. The summed E-state index contributed by atoms with van der Waals surface area (Å²) in [5.74, 6) is 0.367. The Hall–Kier alpha value is -3.62. The highest BCUT2D eigenvalue weighted by Crippen LogP contribution is 2.38. The normalized spacial score (nSPS) is 11.3. The highest BCUT2D eigenvalue weighted by atomic mass is 16.5. The maximum absolute atomic E-state index is 13.0. The summed E-state index contributed by atoms with van der Waals surface area (Å²) in [5.41, 5.74) is 0.784. The molecule has 0 aliphatic rings. The van der Waals surface area contributed by atoms with E-state index in [4.69, 9.17) is 23.7 Å². The Bertz CT molecular complexity index is 903. The van der Waals surface area contributed by atoms with Crippen LogP contribution in [0, 0.1) is 0 Å². The van der Waals surface area contributed by atoms with E-state index in [-0.39, 0.29) is 12.0 Å². The molecule has 2 N–H and O–H groups in total. The third-order valence-corrected chi connectivity index (χ3v) is 4.50. The van der Waals surface area contributed by atoms with Gasteiger partial charge >= 0.3 is 5.97 Å². The number of ether oxygens (including phenoxy) is 5. The van der Waals surface area contributed by atoms with E-state index in [1.807, 2.05) is 6.92 Å². The molecule has 0 unspecified atom stereocenters. The van der Waals surface area contributed by atoms with Crippen LogP contribution in [0.1, 0.15) is 35.3 Å². The van der Waals surface area contributed by atoms with E-state index in [2.05, 4.69) is 5.32 Å². The van der Waals surface area contributed by atoms with Crippen molar-refractivity contribution in [3.63, 3.8) is 0 Å². The Balaban J connectivity index is 2.39. The van der Waals surface area contributed by atoms with Gasteiger partial charge < -0.3 is 34.1 Å². The summed E-state index contributed by atoms with van der Waals surface area (Å²) >= 11 is 0. The van der Waals surface area contributed by atoms with E-state index in [1.54, 1.807) is 18.2 Å². The number of carboxylic acids is 1. The molecule has 168 valence electrons. The molecule has 0 aliphatic carbocycles. The highest BCUT2D eigenvalue weighted by molar-refractivity contribution is 5.96. The zero-order valence-corrected chi connectivity index (χ0v) is 18.2. The molecule has 1 amide bonds. The lowest BCUT2D eigenvalue weighted by atomic mass is 10.0. The van der Waals surface area contributed by atoms with E-state index in [0.29, 0.717) is 40.9 Å². The van der Waals surface area contributed by atoms with E-state index in [0.717, 1.165) is 0 Å². The number of nitrogens with one attached hydrogen (secondary N) is 1. The molecule has 0 spiro atoms. The number of rotatable bonds is 11.